The SMILES string of the molecule is CCc1cc(-c2scnc2C)ccc1[C@H](C)NC(=O)[C@@H]1[C@@H](F)[C@@H](O)CN1C(=O)[C@@H](N1Cc2ccccc2C1=O)C(C)(C)C. The Balaban J connectivity index is 1.39. The minimum atomic E-state index is -1.97. The van der Waals surface area contributed by atoms with Crippen molar-refractivity contribution in [1.82, 2.24) is 20.1 Å². The largest absolute Gasteiger partial charge is 0.388 e. The number of aryl methyl sites for hydroxylation is 2. The zero-order chi connectivity index (χ0) is 31.2. The molecule has 0 spiro atoms. The fourth-order valence-corrected chi connectivity index (χ4v) is 7.16. The number of nitrogens with one attached hydrogen (secondary N) is 1. The van der Waals surface area contributed by atoms with E-state index in [9.17, 15) is 19.5 Å². The lowest BCUT2D eigenvalue weighted by Gasteiger charge is -2.40. The maximum atomic E-state index is 15.5. The smallest absolute Gasteiger partial charge is 0.255 e. The van der Waals surface area contributed by atoms with Crippen molar-refractivity contribution in [3.8, 4) is 10.4 Å². The minimum absolute atomic E-state index is 0.239. The standard InChI is InChI=1S/C33H39FN4O4S/c1-7-20-14-21(28-19(3)35-17-43-28)12-13-23(20)18(2)36-30(40)27-26(34)25(39)16-37(27)32(42)29(33(4,5)6)38-15-22-10-8-9-11-24(22)31(38)41/h8-14,17-18,25-27,29,39H,7,15-16H2,1-6H3,(H,36,40)/t18-,25-,26-,27-,29+/m0/s1. The number of aliphatic hydroxyl groups is 1. The molecule has 0 radical (unpaired) electrons. The molecule has 3 heterocycles. The molecule has 0 saturated carbocycles. The number of rotatable bonds is 7. The lowest BCUT2D eigenvalue weighted by atomic mass is 9.84. The normalized spacial score (nSPS) is 21.6. The number of fused-ring (bicyclic) bond motifs is 1. The molecule has 0 unspecified atom stereocenters. The van der Waals surface area contributed by atoms with Gasteiger partial charge in [0.05, 0.1) is 28.7 Å². The molecule has 228 valence electrons. The van der Waals surface area contributed by atoms with Crippen LogP contribution in [-0.2, 0) is 22.6 Å². The third-order valence-corrected chi connectivity index (χ3v) is 9.49. The van der Waals surface area contributed by atoms with Gasteiger partial charge in [-0.1, -0.05) is 58.0 Å². The molecule has 8 nitrogen and oxygen atoms in total. The number of β-amino-alcohol motifs (C(OH)–C–C–N with tert-alkyl or cyclic N) is 1. The van der Waals surface area contributed by atoms with Crippen LogP contribution in [0.15, 0.2) is 48.0 Å². The van der Waals surface area contributed by atoms with Crippen LogP contribution in [0.25, 0.3) is 10.4 Å². The first kappa shape index (κ1) is 30.8. The van der Waals surface area contributed by atoms with Crippen molar-refractivity contribution >= 4 is 29.1 Å². The first-order valence-corrected chi connectivity index (χ1v) is 15.6. The summed E-state index contributed by atoms with van der Waals surface area (Å²) in [7, 11) is 0. The predicted molar refractivity (Wildman–Crippen MR) is 164 cm³/mol. The van der Waals surface area contributed by atoms with Gasteiger partial charge in [0.25, 0.3) is 5.91 Å². The van der Waals surface area contributed by atoms with Crippen LogP contribution in [0.1, 0.15) is 73.4 Å². The van der Waals surface area contributed by atoms with E-state index in [2.05, 4.69) is 16.4 Å². The molecule has 5 atom stereocenters. The number of amides is 3. The molecule has 1 aromatic heterocycles. The number of carbonyl (C=O) groups is 3. The third kappa shape index (κ3) is 5.70. The molecule has 2 aliphatic rings. The summed E-state index contributed by atoms with van der Waals surface area (Å²) in [6, 6.07) is 10.3. The Bertz CT molecular complexity index is 1550. The Morgan fingerprint density at radius 2 is 1.93 bits per heavy atom. The maximum Gasteiger partial charge on any atom is 0.255 e. The molecule has 0 bridgehead atoms. The second-order valence-corrected chi connectivity index (χ2v) is 13.4. The van der Waals surface area contributed by atoms with E-state index in [0.29, 0.717) is 5.56 Å². The van der Waals surface area contributed by atoms with Crippen LogP contribution in [0, 0.1) is 12.3 Å². The number of benzene rings is 2. The van der Waals surface area contributed by atoms with E-state index in [1.807, 2.05) is 71.3 Å². The van der Waals surface area contributed by atoms with E-state index in [1.54, 1.807) is 23.5 Å². The van der Waals surface area contributed by atoms with Crippen LogP contribution < -0.4 is 5.32 Å². The van der Waals surface area contributed by atoms with Crippen LogP contribution in [-0.4, -0.2) is 68.5 Å². The average molecular weight is 607 g/mol. The average Bonchev–Trinajstić information content (AvgIpc) is 3.62. The quantitative estimate of drug-likeness (QED) is 0.401. The summed E-state index contributed by atoms with van der Waals surface area (Å²) < 4.78 is 15.5. The van der Waals surface area contributed by atoms with Crippen molar-refractivity contribution < 1.29 is 23.9 Å². The maximum absolute atomic E-state index is 15.5. The molecule has 1 fully saturated rings. The summed E-state index contributed by atoms with van der Waals surface area (Å²) in [4.78, 5) is 49.3. The summed E-state index contributed by atoms with van der Waals surface area (Å²) in [5, 5.41) is 13.4. The fraction of sp³-hybridized carbons (Fsp3) is 0.455. The van der Waals surface area contributed by atoms with Crippen molar-refractivity contribution in [1.29, 1.82) is 0 Å². The van der Waals surface area contributed by atoms with Gasteiger partial charge in [0.15, 0.2) is 6.17 Å². The number of hydrogen-bond donors (Lipinski definition) is 2. The second kappa shape index (κ2) is 11.8. The molecule has 3 aromatic rings. The number of thiazole rings is 1. The first-order chi connectivity index (χ1) is 20.3. The predicted octanol–water partition coefficient (Wildman–Crippen LogP) is 4.84. The summed E-state index contributed by atoms with van der Waals surface area (Å²) in [5.41, 5.74) is 6.35. The second-order valence-electron chi connectivity index (χ2n) is 12.6. The number of aromatic nitrogens is 1. The molecule has 1 saturated heterocycles. The van der Waals surface area contributed by atoms with Crippen molar-refractivity contribution in [3.05, 3.63) is 75.9 Å². The number of aliphatic hydroxyl groups excluding tert-OH is 1. The van der Waals surface area contributed by atoms with Crippen molar-refractivity contribution in [2.75, 3.05) is 6.54 Å². The van der Waals surface area contributed by atoms with Crippen LogP contribution in [0.3, 0.4) is 0 Å². The monoisotopic (exact) mass is 606 g/mol. The highest BCUT2D eigenvalue weighted by molar-refractivity contribution is 7.13. The highest BCUT2D eigenvalue weighted by Gasteiger charge is 2.53. The molecule has 43 heavy (non-hydrogen) atoms. The molecule has 10 heteroatoms. The van der Waals surface area contributed by atoms with E-state index >= 15 is 4.39 Å². The summed E-state index contributed by atoms with van der Waals surface area (Å²) >= 11 is 1.57. The van der Waals surface area contributed by atoms with Gasteiger partial charge in [0.2, 0.25) is 11.8 Å². The molecule has 2 aliphatic heterocycles. The lowest BCUT2D eigenvalue weighted by Crippen LogP contribution is -2.59. The minimum Gasteiger partial charge on any atom is -0.388 e. The van der Waals surface area contributed by atoms with Gasteiger partial charge in [0.1, 0.15) is 18.2 Å². The van der Waals surface area contributed by atoms with Crippen LogP contribution in [0.5, 0.6) is 0 Å². The lowest BCUT2D eigenvalue weighted by molar-refractivity contribution is -0.146. The molecular formula is C33H39FN4O4S. The van der Waals surface area contributed by atoms with Crippen LogP contribution >= 0.6 is 11.3 Å². The van der Waals surface area contributed by atoms with Gasteiger partial charge < -0.3 is 20.2 Å². The molecule has 5 rings (SSSR count). The summed E-state index contributed by atoms with van der Waals surface area (Å²) in [5.74, 6) is -1.52. The van der Waals surface area contributed by atoms with Crippen molar-refractivity contribution in [3.63, 3.8) is 0 Å². The van der Waals surface area contributed by atoms with Gasteiger partial charge >= 0.3 is 0 Å². The van der Waals surface area contributed by atoms with E-state index in [1.165, 1.54) is 4.90 Å². The van der Waals surface area contributed by atoms with Crippen molar-refractivity contribution in [2.45, 2.75) is 84.9 Å². The Morgan fingerprint density at radius 1 is 1.21 bits per heavy atom. The van der Waals surface area contributed by atoms with Gasteiger partial charge in [-0.05, 0) is 60.1 Å². The summed E-state index contributed by atoms with van der Waals surface area (Å²) in [6.45, 7) is 11.2. The van der Waals surface area contributed by atoms with E-state index in [-0.39, 0.29) is 19.0 Å². The number of alkyl halides is 1. The molecule has 2 aromatic carbocycles. The van der Waals surface area contributed by atoms with E-state index < -0.39 is 47.6 Å². The van der Waals surface area contributed by atoms with Gasteiger partial charge in [0, 0.05) is 12.1 Å². The number of nitrogens with zero attached hydrogens (tertiary/aromatic N) is 3. The van der Waals surface area contributed by atoms with Crippen molar-refractivity contribution in [2.24, 2.45) is 5.41 Å². The molecule has 2 N–H and O–H groups in total. The Hall–Kier alpha value is -3.63. The Labute approximate surface area is 255 Å². The zero-order valence-electron chi connectivity index (χ0n) is 25.4. The number of carbonyl (C=O) groups excluding carboxylic acids is 3. The van der Waals surface area contributed by atoms with Gasteiger partial charge in [-0.25, -0.2) is 9.37 Å². The topological polar surface area (TPSA) is 103 Å². The zero-order valence-corrected chi connectivity index (χ0v) is 26.2. The molecule has 3 amide bonds. The van der Waals surface area contributed by atoms with Gasteiger partial charge in [-0.3, -0.25) is 14.4 Å². The Morgan fingerprint density at radius 3 is 2.56 bits per heavy atom. The van der Waals surface area contributed by atoms with Crippen LogP contribution in [0.2, 0.25) is 0 Å². The van der Waals surface area contributed by atoms with Crippen LogP contribution in [0.4, 0.5) is 4.39 Å². The third-order valence-electron chi connectivity index (χ3n) is 8.51. The van der Waals surface area contributed by atoms with Gasteiger partial charge in [-0.15, -0.1) is 11.3 Å². The van der Waals surface area contributed by atoms with E-state index in [4.69, 9.17) is 0 Å². The Kier molecular flexibility index (Phi) is 8.46. The van der Waals surface area contributed by atoms with Gasteiger partial charge in [-0.2, -0.15) is 0 Å². The number of halogens is 1. The number of likely N-dealkylation sites (tertiary alicyclic amines) is 1. The highest BCUT2D eigenvalue weighted by Crippen LogP contribution is 2.36. The summed E-state index contributed by atoms with van der Waals surface area (Å²) in [6.07, 6.45) is -2.76. The van der Waals surface area contributed by atoms with E-state index in [0.717, 1.165) is 44.1 Å². The highest BCUT2D eigenvalue weighted by atomic mass is 32.1. The fourth-order valence-electron chi connectivity index (χ4n) is 6.36. The molecule has 0 aliphatic carbocycles. The first-order valence-electron chi connectivity index (χ1n) is 14.7. The number of hydrogen-bond acceptors (Lipinski definition) is 6. The molecular weight excluding hydrogens is 567 g/mol.